The number of hydrogen-bond acceptors (Lipinski definition) is 4. The lowest BCUT2D eigenvalue weighted by molar-refractivity contribution is 0.996. The van der Waals surface area contributed by atoms with Gasteiger partial charge in [0.2, 0.25) is 0 Å². The summed E-state index contributed by atoms with van der Waals surface area (Å²) in [7, 11) is 1.07. The summed E-state index contributed by atoms with van der Waals surface area (Å²) in [6.45, 7) is 0. The van der Waals surface area contributed by atoms with Gasteiger partial charge in [-0.15, -0.1) is 0 Å². The van der Waals surface area contributed by atoms with Gasteiger partial charge in [0, 0.05) is 10.2 Å². The molecule has 50 valence electrons. The van der Waals surface area contributed by atoms with Gasteiger partial charge in [0.05, 0.1) is 3.41 Å². The Balaban J connectivity index is 3.39. The fourth-order valence-corrected chi connectivity index (χ4v) is 3.57. The van der Waals surface area contributed by atoms with Crippen molar-refractivity contribution in [2.24, 2.45) is 0 Å². The molecule has 0 aliphatic rings. The van der Waals surface area contributed by atoms with Crippen LogP contribution >= 0.6 is 50.5 Å². The van der Waals surface area contributed by atoms with Crippen molar-refractivity contribution in [1.82, 2.24) is 0 Å². The van der Waals surface area contributed by atoms with Crippen LogP contribution in [0.15, 0.2) is 0 Å². The minimum Gasteiger partial charge on any atom is -0.180 e. The summed E-state index contributed by atoms with van der Waals surface area (Å²) in [5.41, 5.74) is 0. The van der Waals surface area contributed by atoms with E-state index in [1.54, 1.807) is 0 Å². The molecule has 5 heteroatoms. The zero-order chi connectivity index (χ0) is 6.78. The average Bonchev–Trinajstić information content (AvgIpc) is 1.21. The van der Waals surface area contributed by atoms with Gasteiger partial charge < -0.3 is 0 Å². The zero-order valence-electron chi connectivity index (χ0n) is 4.57. The molecular formula is C3H10S4Si. The molecule has 8 heavy (non-hydrogen) atoms. The lowest BCUT2D eigenvalue weighted by Gasteiger charge is -2.16. The molecule has 0 radical (unpaired) electrons. The molecule has 0 aromatic heterocycles. The van der Waals surface area contributed by atoms with Crippen LogP contribution in [0.25, 0.3) is 0 Å². The highest BCUT2D eigenvalue weighted by molar-refractivity contribution is 8.17. The molecular weight excluding hydrogens is 192 g/mol. The highest BCUT2D eigenvalue weighted by atomic mass is 32.2. The van der Waals surface area contributed by atoms with Crippen LogP contribution in [0.4, 0.5) is 0 Å². The van der Waals surface area contributed by atoms with Crippen molar-refractivity contribution in [1.29, 1.82) is 0 Å². The lowest BCUT2D eigenvalue weighted by Crippen LogP contribution is -2.11. The van der Waals surface area contributed by atoms with E-state index in [-0.39, 0.29) is 0 Å². The first-order valence-electron chi connectivity index (χ1n) is 2.27. The van der Waals surface area contributed by atoms with Crippen LogP contribution in [0.2, 0.25) is 0 Å². The van der Waals surface area contributed by atoms with E-state index in [0.29, 0.717) is 4.87 Å². The van der Waals surface area contributed by atoms with Crippen molar-refractivity contribution in [2.45, 2.75) is 14.7 Å². The van der Waals surface area contributed by atoms with Gasteiger partial charge in [0.15, 0.2) is 0 Å². The summed E-state index contributed by atoms with van der Waals surface area (Å²) in [6.07, 6.45) is 0.845. The summed E-state index contributed by atoms with van der Waals surface area (Å²) >= 11 is 16.5. The van der Waals surface area contributed by atoms with Crippen LogP contribution in [0.5, 0.6) is 0 Å². The first kappa shape index (κ1) is 9.62. The van der Waals surface area contributed by atoms with Gasteiger partial charge in [-0.25, -0.2) is 0 Å². The van der Waals surface area contributed by atoms with E-state index >= 15 is 0 Å². The van der Waals surface area contributed by atoms with Gasteiger partial charge in [-0.05, 0) is 11.3 Å². The van der Waals surface area contributed by atoms with E-state index in [0.717, 1.165) is 16.7 Å². The fraction of sp³-hybridized carbons (Fsp3) is 1.00. The Morgan fingerprint density at radius 2 is 1.75 bits per heavy atom. The summed E-state index contributed by atoms with van der Waals surface area (Å²) < 4.78 is -0.436. The number of hydrogen-bond donors (Lipinski definition) is 4. The summed E-state index contributed by atoms with van der Waals surface area (Å²) in [4.78, 5) is 0.447. The van der Waals surface area contributed by atoms with E-state index in [9.17, 15) is 0 Å². The molecule has 0 aromatic rings. The molecule has 0 saturated carbocycles. The van der Waals surface area contributed by atoms with Crippen molar-refractivity contribution in [3.63, 3.8) is 0 Å². The Bertz CT molecular complexity index is 66.2. The third-order valence-corrected chi connectivity index (χ3v) is 1.71. The molecule has 0 aliphatic heterocycles. The van der Waals surface area contributed by atoms with Crippen LogP contribution in [0.1, 0.15) is 6.42 Å². The van der Waals surface area contributed by atoms with E-state index in [1.165, 1.54) is 0 Å². The molecule has 0 spiro atoms. The quantitative estimate of drug-likeness (QED) is 0.279. The topological polar surface area (TPSA) is 0 Å². The molecule has 0 fully saturated rings. The third kappa shape index (κ3) is 7.62. The van der Waals surface area contributed by atoms with E-state index in [4.69, 9.17) is 0 Å². The third-order valence-electron chi connectivity index (χ3n) is 0.569. The standard InChI is InChI=1S/C3H10S4Si/c4-2(8)1-3(5,6)7/h2,4-7H,1H2,8H3. The largest absolute Gasteiger partial charge is 0.180 e. The van der Waals surface area contributed by atoms with Gasteiger partial charge >= 0.3 is 0 Å². The Labute approximate surface area is 75.3 Å². The Morgan fingerprint density at radius 3 is 1.75 bits per heavy atom. The molecule has 0 aromatic carbocycles. The normalized spacial score (nSPS) is 16.5. The van der Waals surface area contributed by atoms with E-state index in [1.807, 2.05) is 0 Å². The highest BCUT2D eigenvalue weighted by Crippen LogP contribution is 2.30. The summed E-state index contributed by atoms with van der Waals surface area (Å²) in [6, 6.07) is 0. The zero-order valence-corrected chi connectivity index (χ0v) is 10.2. The molecule has 0 N–H and O–H groups in total. The van der Waals surface area contributed by atoms with E-state index < -0.39 is 3.41 Å². The predicted octanol–water partition coefficient (Wildman–Crippen LogP) is 0.441. The van der Waals surface area contributed by atoms with Gasteiger partial charge in [-0.1, -0.05) is 0 Å². The van der Waals surface area contributed by atoms with Crippen LogP contribution in [-0.4, -0.2) is 18.5 Å². The molecule has 0 rings (SSSR count). The highest BCUT2D eigenvalue weighted by Gasteiger charge is 2.15. The van der Waals surface area contributed by atoms with Crippen molar-refractivity contribution < 1.29 is 0 Å². The van der Waals surface area contributed by atoms with Crippen molar-refractivity contribution >= 4 is 60.8 Å². The molecule has 0 saturated heterocycles. The molecule has 0 heterocycles. The van der Waals surface area contributed by atoms with Crippen LogP contribution < -0.4 is 0 Å². The Hall–Kier alpha value is 1.62. The smallest absolute Gasteiger partial charge is 0.0988 e. The monoisotopic (exact) mass is 202 g/mol. The first-order chi connectivity index (χ1) is 3.42. The minimum atomic E-state index is -0.436. The SMILES string of the molecule is [SiH3]C(S)CC(S)(S)S. The van der Waals surface area contributed by atoms with Crippen molar-refractivity contribution in [3.8, 4) is 0 Å². The maximum atomic E-state index is 4.21. The van der Waals surface area contributed by atoms with E-state index in [2.05, 4.69) is 50.5 Å². The molecule has 0 aliphatic carbocycles. The molecule has 1 unspecified atom stereocenters. The summed E-state index contributed by atoms with van der Waals surface area (Å²) in [5.74, 6) is 0. The number of thiol groups is 4. The van der Waals surface area contributed by atoms with Crippen LogP contribution in [0, 0.1) is 0 Å². The first-order valence-corrected chi connectivity index (χ1v) is 5.28. The minimum absolute atomic E-state index is 0.436. The maximum Gasteiger partial charge on any atom is 0.0988 e. The van der Waals surface area contributed by atoms with Crippen LogP contribution in [0.3, 0.4) is 0 Å². The van der Waals surface area contributed by atoms with Crippen LogP contribution in [-0.2, 0) is 0 Å². The second-order valence-electron chi connectivity index (χ2n) is 1.83. The average molecular weight is 202 g/mol. The summed E-state index contributed by atoms with van der Waals surface area (Å²) in [5, 5.41) is 0. The lowest BCUT2D eigenvalue weighted by atomic mass is 10.5. The van der Waals surface area contributed by atoms with Gasteiger partial charge in [0.1, 0.15) is 0 Å². The van der Waals surface area contributed by atoms with Gasteiger partial charge in [-0.2, -0.15) is 50.5 Å². The van der Waals surface area contributed by atoms with Crippen molar-refractivity contribution in [3.05, 3.63) is 0 Å². The van der Waals surface area contributed by atoms with Crippen molar-refractivity contribution in [2.75, 3.05) is 0 Å². The number of rotatable bonds is 2. The second-order valence-corrected chi connectivity index (χ2v) is 8.42. The van der Waals surface area contributed by atoms with Gasteiger partial charge in [0.25, 0.3) is 0 Å². The molecule has 0 bridgehead atoms. The predicted molar refractivity (Wildman–Crippen MR) is 57.0 cm³/mol. The molecule has 0 nitrogen and oxygen atoms in total. The molecule has 1 atom stereocenters. The Kier molecular flexibility index (Phi) is 4.45. The fourth-order valence-electron chi connectivity index (χ4n) is 0.396. The van der Waals surface area contributed by atoms with Gasteiger partial charge in [-0.3, -0.25) is 0 Å². The molecule has 0 amide bonds. The second kappa shape index (κ2) is 3.70. The Morgan fingerprint density at radius 1 is 1.38 bits per heavy atom. The maximum absolute atomic E-state index is 4.21.